The summed E-state index contributed by atoms with van der Waals surface area (Å²) in [4.78, 5) is 2.65. The van der Waals surface area contributed by atoms with Gasteiger partial charge >= 0.3 is 0 Å². The quantitative estimate of drug-likeness (QED) is 0.899. The summed E-state index contributed by atoms with van der Waals surface area (Å²) in [5.41, 5.74) is 8.63. The van der Waals surface area contributed by atoms with Crippen LogP contribution in [0.2, 0.25) is 0 Å². The van der Waals surface area contributed by atoms with Crippen LogP contribution < -0.4 is 10.6 Å². The third kappa shape index (κ3) is 2.89. The van der Waals surface area contributed by atoms with Crippen molar-refractivity contribution in [1.82, 2.24) is 0 Å². The Balaban J connectivity index is 1.81. The molecule has 110 valence electrons. The molecular weight excluding hydrogens is 312 g/mol. The molecule has 0 radical (unpaired) electrons. The number of nitrogens with two attached hydrogens (primary N) is 1. The van der Waals surface area contributed by atoms with E-state index in [-0.39, 0.29) is 6.04 Å². The van der Waals surface area contributed by atoms with Crippen LogP contribution >= 0.6 is 15.9 Å². The molecule has 1 heterocycles. The Morgan fingerprint density at radius 2 is 2.10 bits per heavy atom. The zero-order valence-corrected chi connectivity index (χ0v) is 13.9. The summed E-state index contributed by atoms with van der Waals surface area (Å²) in [6.45, 7) is 3.29. The Hall–Kier alpha value is -0.540. The normalized spacial score (nSPS) is 27.4. The second-order valence-corrected chi connectivity index (χ2v) is 7.41. The molecule has 2 aliphatic rings. The van der Waals surface area contributed by atoms with E-state index in [0.717, 1.165) is 18.4 Å². The van der Waals surface area contributed by atoms with Crippen molar-refractivity contribution in [2.45, 2.75) is 57.5 Å². The lowest BCUT2D eigenvalue weighted by atomic mass is 9.91. The van der Waals surface area contributed by atoms with E-state index in [9.17, 15) is 0 Å². The van der Waals surface area contributed by atoms with Gasteiger partial charge in [-0.05, 0) is 62.6 Å². The van der Waals surface area contributed by atoms with E-state index in [0.29, 0.717) is 0 Å². The molecule has 2 N–H and O–H groups in total. The Labute approximate surface area is 130 Å². The van der Waals surface area contributed by atoms with E-state index in [1.807, 2.05) is 0 Å². The number of halogens is 1. The highest BCUT2D eigenvalue weighted by Crippen LogP contribution is 2.39. The van der Waals surface area contributed by atoms with Gasteiger partial charge in [0.25, 0.3) is 0 Å². The van der Waals surface area contributed by atoms with Gasteiger partial charge in [-0.3, -0.25) is 0 Å². The number of anilines is 1. The first-order valence-corrected chi connectivity index (χ1v) is 8.75. The average Bonchev–Trinajstić information content (AvgIpc) is 2.88. The van der Waals surface area contributed by atoms with Crippen molar-refractivity contribution in [3.8, 4) is 0 Å². The second-order valence-electron chi connectivity index (χ2n) is 6.55. The summed E-state index contributed by atoms with van der Waals surface area (Å²) in [6, 6.07) is 7.85. The summed E-state index contributed by atoms with van der Waals surface area (Å²) in [6.07, 6.45) is 7.95. The van der Waals surface area contributed by atoms with Crippen molar-refractivity contribution < 1.29 is 0 Å². The summed E-state index contributed by atoms with van der Waals surface area (Å²) in [5.74, 6) is 0.936. The minimum absolute atomic E-state index is 0.214. The van der Waals surface area contributed by atoms with Crippen LogP contribution in [-0.4, -0.2) is 18.6 Å². The van der Waals surface area contributed by atoms with Crippen molar-refractivity contribution in [2.75, 3.05) is 11.4 Å². The lowest BCUT2D eigenvalue weighted by Crippen LogP contribution is -2.42. The lowest BCUT2D eigenvalue weighted by Gasteiger charge is -2.39. The Kier molecular flexibility index (Phi) is 4.37. The van der Waals surface area contributed by atoms with Crippen LogP contribution in [0.1, 0.15) is 44.6 Å². The molecule has 3 unspecified atom stereocenters. The molecule has 1 saturated heterocycles. The Morgan fingerprint density at radius 1 is 1.30 bits per heavy atom. The third-order valence-corrected chi connectivity index (χ3v) is 5.64. The molecule has 3 atom stereocenters. The molecule has 1 aliphatic carbocycles. The molecule has 0 bridgehead atoms. The fraction of sp³-hybridized carbons (Fsp3) is 0.647. The van der Waals surface area contributed by atoms with Crippen LogP contribution in [0.15, 0.2) is 22.7 Å². The zero-order valence-electron chi connectivity index (χ0n) is 12.3. The van der Waals surface area contributed by atoms with Gasteiger partial charge in [0.1, 0.15) is 0 Å². The van der Waals surface area contributed by atoms with Crippen LogP contribution in [0.25, 0.3) is 0 Å². The molecule has 0 aromatic heterocycles. The number of nitrogens with zero attached hydrogens (tertiary/aromatic N) is 1. The van der Waals surface area contributed by atoms with E-state index in [1.54, 1.807) is 0 Å². The van der Waals surface area contributed by atoms with E-state index in [2.05, 4.69) is 46.0 Å². The van der Waals surface area contributed by atoms with Crippen molar-refractivity contribution >= 4 is 21.6 Å². The van der Waals surface area contributed by atoms with Gasteiger partial charge in [0.2, 0.25) is 0 Å². The van der Waals surface area contributed by atoms with Crippen molar-refractivity contribution in [1.29, 1.82) is 0 Å². The molecule has 1 aliphatic heterocycles. The minimum atomic E-state index is 0.214. The smallest absolute Gasteiger partial charge is 0.0380 e. The van der Waals surface area contributed by atoms with Crippen LogP contribution in [0, 0.1) is 5.92 Å². The van der Waals surface area contributed by atoms with Crippen LogP contribution in [0.5, 0.6) is 0 Å². The predicted octanol–water partition coefficient (Wildman–Crippen LogP) is 4.11. The zero-order chi connectivity index (χ0) is 14.1. The molecule has 3 heteroatoms. The fourth-order valence-corrected chi connectivity index (χ4v) is 4.53. The van der Waals surface area contributed by atoms with Crippen molar-refractivity contribution in [3.63, 3.8) is 0 Å². The Morgan fingerprint density at radius 3 is 2.85 bits per heavy atom. The highest BCUT2D eigenvalue weighted by Gasteiger charge is 2.35. The molecule has 3 rings (SSSR count). The van der Waals surface area contributed by atoms with E-state index >= 15 is 0 Å². The summed E-state index contributed by atoms with van der Waals surface area (Å²) < 4.78 is 1.22. The second kappa shape index (κ2) is 6.07. The number of benzene rings is 1. The average molecular weight is 337 g/mol. The van der Waals surface area contributed by atoms with Gasteiger partial charge in [-0.1, -0.05) is 28.4 Å². The fourth-order valence-electron chi connectivity index (χ4n) is 4.00. The lowest BCUT2D eigenvalue weighted by molar-refractivity contribution is 0.362. The van der Waals surface area contributed by atoms with Gasteiger partial charge in [-0.15, -0.1) is 0 Å². The SMILES string of the molecule is CC(N)Cc1ccc(N2CCCC3CCCC32)cc1Br. The number of rotatable bonds is 3. The molecule has 20 heavy (non-hydrogen) atoms. The highest BCUT2D eigenvalue weighted by atomic mass is 79.9. The monoisotopic (exact) mass is 336 g/mol. The third-order valence-electron chi connectivity index (χ3n) is 4.90. The Bertz CT molecular complexity index is 472. The van der Waals surface area contributed by atoms with Gasteiger partial charge in [0, 0.05) is 28.8 Å². The summed E-state index contributed by atoms with van der Waals surface area (Å²) in [5, 5.41) is 0. The molecule has 1 aromatic carbocycles. The number of hydrogen-bond acceptors (Lipinski definition) is 2. The molecule has 1 aromatic rings. The molecule has 2 nitrogen and oxygen atoms in total. The number of hydrogen-bond donors (Lipinski definition) is 1. The van der Waals surface area contributed by atoms with Gasteiger partial charge in [-0.2, -0.15) is 0 Å². The van der Waals surface area contributed by atoms with Crippen LogP contribution in [0.4, 0.5) is 5.69 Å². The summed E-state index contributed by atoms with van der Waals surface area (Å²) in [7, 11) is 0. The predicted molar refractivity (Wildman–Crippen MR) is 89.2 cm³/mol. The summed E-state index contributed by atoms with van der Waals surface area (Å²) >= 11 is 3.73. The van der Waals surface area contributed by atoms with Crippen molar-refractivity contribution in [2.24, 2.45) is 11.7 Å². The standard InChI is InChI=1S/C17H25BrN2/c1-12(19)10-14-7-8-15(11-16(14)18)20-9-3-5-13-4-2-6-17(13)20/h7-8,11-13,17H,2-6,9-10,19H2,1H3. The first-order valence-electron chi connectivity index (χ1n) is 7.96. The topological polar surface area (TPSA) is 29.3 Å². The molecule has 1 saturated carbocycles. The van der Waals surface area contributed by atoms with Gasteiger partial charge in [0.05, 0.1) is 0 Å². The maximum absolute atomic E-state index is 5.91. The molecular formula is C17H25BrN2. The molecule has 0 amide bonds. The van der Waals surface area contributed by atoms with Gasteiger partial charge in [0.15, 0.2) is 0 Å². The molecule has 2 fully saturated rings. The maximum atomic E-state index is 5.91. The molecule has 0 spiro atoms. The van der Waals surface area contributed by atoms with Gasteiger partial charge in [-0.25, -0.2) is 0 Å². The van der Waals surface area contributed by atoms with E-state index in [1.165, 1.54) is 54.4 Å². The minimum Gasteiger partial charge on any atom is -0.368 e. The van der Waals surface area contributed by atoms with Gasteiger partial charge < -0.3 is 10.6 Å². The van der Waals surface area contributed by atoms with Crippen LogP contribution in [-0.2, 0) is 6.42 Å². The highest BCUT2D eigenvalue weighted by molar-refractivity contribution is 9.10. The number of fused-ring (bicyclic) bond motifs is 1. The number of piperidine rings is 1. The first kappa shape index (κ1) is 14.4. The van der Waals surface area contributed by atoms with Crippen molar-refractivity contribution in [3.05, 3.63) is 28.2 Å². The first-order chi connectivity index (χ1) is 9.65. The van der Waals surface area contributed by atoms with E-state index in [4.69, 9.17) is 5.73 Å². The van der Waals surface area contributed by atoms with E-state index < -0.39 is 0 Å². The van der Waals surface area contributed by atoms with Crippen LogP contribution in [0.3, 0.4) is 0 Å². The maximum Gasteiger partial charge on any atom is 0.0380 e. The largest absolute Gasteiger partial charge is 0.368 e.